The molecule has 0 amide bonds. The highest BCUT2D eigenvalue weighted by molar-refractivity contribution is 6.01. The van der Waals surface area contributed by atoms with Crippen molar-refractivity contribution in [2.24, 2.45) is 0 Å². The number of ketones is 1. The van der Waals surface area contributed by atoms with Gasteiger partial charge >= 0.3 is 5.97 Å². The minimum atomic E-state index is -0.411. The van der Waals surface area contributed by atoms with E-state index in [0.29, 0.717) is 29.9 Å². The highest BCUT2D eigenvalue weighted by Crippen LogP contribution is 2.30. The van der Waals surface area contributed by atoms with Crippen LogP contribution in [0.2, 0.25) is 0 Å². The number of hydrogen-bond acceptors (Lipinski definition) is 5. The number of ether oxygens (including phenoxy) is 2. The molecule has 0 fully saturated rings. The van der Waals surface area contributed by atoms with E-state index in [9.17, 15) is 14.7 Å². The minimum Gasteiger partial charge on any atom is -0.508 e. The van der Waals surface area contributed by atoms with Crippen LogP contribution in [-0.4, -0.2) is 30.6 Å². The van der Waals surface area contributed by atoms with Gasteiger partial charge in [0, 0.05) is 12.5 Å². The number of phenolic OH excluding ortho intramolecular Hbond substituents is 1. The van der Waals surface area contributed by atoms with E-state index in [-0.39, 0.29) is 18.0 Å². The fraction of sp³-hybridized carbons (Fsp3) is 0.600. The van der Waals surface area contributed by atoms with Crippen LogP contribution in [0.3, 0.4) is 0 Å². The van der Waals surface area contributed by atoms with E-state index < -0.39 is 5.97 Å². The van der Waals surface area contributed by atoms with Gasteiger partial charge in [0.1, 0.15) is 11.5 Å². The number of esters is 1. The standard InChI is InChI=1S/C20H30O5/c1-4-6-7-8-9-10-17(22)20-15(13-19(23)25-11-5-2)12-16(21)14-18(20)24-3/h12,14,21H,4-11,13H2,1-3H3. The van der Waals surface area contributed by atoms with E-state index in [1.165, 1.54) is 25.7 Å². The molecule has 0 atom stereocenters. The Kier molecular flexibility index (Phi) is 9.66. The van der Waals surface area contributed by atoms with Crippen molar-refractivity contribution in [3.05, 3.63) is 23.3 Å². The topological polar surface area (TPSA) is 72.8 Å². The second-order valence-corrected chi connectivity index (χ2v) is 6.17. The zero-order valence-electron chi connectivity index (χ0n) is 15.6. The Labute approximate surface area is 150 Å². The van der Waals surface area contributed by atoms with Crippen LogP contribution in [0.15, 0.2) is 12.1 Å². The first-order valence-electron chi connectivity index (χ1n) is 9.12. The summed E-state index contributed by atoms with van der Waals surface area (Å²) in [5.41, 5.74) is 0.834. The highest BCUT2D eigenvalue weighted by Gasteiger charge is 2.20. The van der Waals surface area contributed by atoms with Crippen molar-refractivity contribution in [3.63, 3.8) is 0 Å². The van der Waals surface area contributed by atoms with Gasteiger partial charge in [-0.25, -0.2) is 0 Å². The second-order valence-electron chi connectivity index (χ2n) is 6.17. The molecular formula is C20H30O5. The first-order chi connectivity index (χ1) is 12.0. The smallest absolute Gasteiger partial charge is 0.310 e. The van der Waals surface area contributed by atoms with Gasteiger partial charge in [0.05, 0.1) is 25.7 Å². The molecule has 0 saturated carbocycles. The largest absolute Gasteiger partial charge is 0.508 e. The van der Waals surface area contributed by atoms with Crippen LogP contribution in [0.25, 0.3) is 0 Å². The van der Waals surface area contributed by atoms with Crippen LogP contribution in [0, 0.1) is 0 Å². The number of Topliss-reactive ketones (excluding diaryl/α,β-unsaturated/α-hetero) is 1. The van der Waals surface area contributed by atoms with Gasteiger partial charge in [0.2, 0.25) is 0 Å². The van der Waals surface area contributed by atoms with Gasteiger partial charge in [-0.1, -0.05) is 39.5 Å². The molecule has 1 aromatic carbocycles. The molecule has 0 aliphatic heterocycles. The predicted octanol–water partition coefficient (Wildman–Crippen LogP) is 4.44. The summed E-state index contributed by atoms with van der Waals surface area (Å²) in [4.78, 5) is 24.6. The molecule has 0 aromatic heterocycles. The van der Waals surface area contributed by atoms with Crippen LogP contribution in [-0.2, 0) is 16.0 Å². The molecule has 0 aliphatic rings. The van der Waals surface area contributed by atoms with Gasteiger partial charge in [-0.15, -0.1) is 0 Å². The summed E-state index contributed by atoms with van der Waals surface area (Å²) in [5.74, 6) is -0.204. The van der Waals surface area contributed by atoms with E-state index >= 15 is 0 Å². The van der Waals surface area contributed by atoms with Gasteiger partial charge in [0.25, 0.3) is 0 Å². The lowest BCUT2D eigenvalue weighted by atomic mass is 9.96. The quantitative estimate of drug-likeness (QED) is 0.343. The Bertz CT molecular complexity index is 565. The molecule has 0 spiro atoms. The van der Waals surface area contributed by atoms with Crippen LogP contribution in [0.4, 0.5) is 0 Å². The maximum atomic E-state index is 12.7. The lowest BCUT2D eigenvalue weighted by Gasteiger charge is -2.14. The molecule has 0 saturated heterocycles. The molecule has 0 heterocycles. The molecule has 1 rings (SSSR count). The Morgan fingerprint density at radius 2 is 1.76 bits per heavy atom. The molecule has 5 nitrogen and oxygen atoms in total. The minimum absolute atomic E-state index is 0.0327. The van der Waals surface area contributed by atoms with Gasteiger partial charge in [-0.3, -0.25) is 9.59 Å². The molecule has 1 N–H and O–H groups in total. The summed E-state index contributed by atoms with van der Waals surface area (Å²) in [6.07, 6.45) is 6.35. The van der Waals surface area contributed by atoms with Crippen LogP contribution < -0.4 is 4.74 Å². The number of benzene rings is 1. The lowest BCUT2D eigenvalue weighted by Crippen LogP contribution is -2.13. The highest BCUT2D eigenvalue weighted by atomic mass is 16.5. The summed E-state index contributed by atoms with van der Waals surface area (Å²) >= 11 is 0. The van der Waals surface area contributed by atoms with Crippen LogP contribution in [0.5, 0.6) is 11.5 Å². The Morgan fingerprint density at radius 1 is 1.04 bits per heavy atom. The summed E-state index contributed by atoms with van der Waals surface area (Å²) in [7, 11) is 1.45. The Morgan fingerprint density at radius 3 is 2.40 bits per heavy atom. The van der Waals surface area contributed by atoms with Gasteiger partial charge in [-0.05, 0) is 24.5 Å². The maximum Gasteiger partial charge on any atom is 0.310 e. The summed E-state index contributed by atoms with van der Waals surface area (Å²) in [5, 5.41) is 9.85. The molecule has 1 aromatic rings. The molecule has 5 heteroatoms. The fourth-order valence-corrected chi connectivity index (χ4v) is 2.71. The van der Waals surface area contributed by atoms with Crippen LogP contribution in [0.1, 0.15) is 74.7 Å². The number of aromatic hydroxyl groups is 1. The zero-order valence-corrected chi connectivity index (χ0v) is 15.6. The van der Waals surface area contributed by atoms with E-state index in [0.717, 1.165) is 32.1 Å². The monoisotopic (exact) mass is 350 g/mol. The average Bonchev–Trinajstić information content (AvgIpc) is 2.58. The molecular weight excluding hydrogens is 320 g/mol. The number of unbranched alkanes of at least 4 members (excludes halogenated alkanes) is 4. The Balaban J connectivity index is 2.90. The fourth-order valence-electron chi connectivity index (χ4n) is 2.71. The second kappa shape index (κ2) is 11.5. The molecule has 0 aliphatic carbocycles. The third kappa shape index (κ3) is 7.16. The van der Waals surface area contributed by atoms with Crippen molar-refractivity contribution < 1.29 is 24.2 Å². The van der Waals surface area contributed by atoms with Crippen molar-refractivity contribution in [1.29, 1.82) is 0 Å². The van der Waals surface area contributed by atoms with Gasteiger partial charge in [0.15, 0.2) is 5.78 Å². The summed E-state index contributed by atoms with van der Waals surface area (Å²) < 4.78 is 10.4. The third-order valence-corrected chi connectivity index (χ3v) is 3.98. The SMILES string of the molecule is CCCCCCCC(=O)c1c(CC(=O)OCCC)cc(O)cc1OC. The van der Waals surface area contributed by atoms with Crippen molar-refractivity contribution in [3.8, 4) is 11.5 Å². The number of carbonyl (C=O) groups excluding carboxylic acids is 2. The average molecular weight is 350 g/mol. The molecule has 25 heavy (non-hydrogen) atoms. The van der Waals surface area contributed by atoms with E-state index in [1.54, 1.807) is 0 Å². The molecule has 140 valence electrons. The Hall–Kier alpha value is -2.04. The number of hydrogen-bond donors (Lipinski definition) is 1. The summed E-state index contributed by atoms with van der Waals surface area (Å²) in [6, 6.07) is 2.85. The lowest BCUT2D eigenvalue weighted by molar-refractivity contribution is -0.142. The van der Waals surface area contributed by atoms with Gasteiger partial charge in [-0.2, -0.15) is 0 Å². The summed E-state index contributed by atoms with van der Waals surface area (Å²) in [6.45, 7) is 4.41. The molecule has 0 bridgehead atoms. The number of rotatable bonds is 12. The number of carbonyl (C=O) groups is 2. The predicted molar refractivity (Wildman–Crippen MR) is 97.3 cm³/mol. The first-order valence-corrected chi connectivity index (χ1v) is 9.12. The first kappa shape index (κ1) is 21.0. The van der Waals surface area contributed by atoms with Crippen molar-refractivity contribution in [2.75, 3.05) is 13.7 Å². The number of phenols is 1. The van der Waals surface area contributed by atoms with E-state index in [2.05, 4.69) is 6.92 Å². The third-order valence-electron chi connectivity index (χ3n) is 3.98. The zero-order chi connectivity index (χ0) is 18.7. The van der Waals surface area contributed by atoms with Gasteiger partial charge < -0.3 is 14.6 Å². The number of methoxy groups -OCH3 is 1. The normalized spacial score (nSPS) is 10.5. The molecule has 0 unspecified atom stereocenters. The maximum absolute atomic E-state index is 12.7. The van der Waals surface area contributed by atoms with Crippen molar-refractivity contribution >= 4 is 11.8 Å². The van der Waals surface area contributed by atoms with E-state index in [4.69, 9.17) is 9.47 Å². The van der Waals surface area contributed by atoms with Crippen LogP contribution >= 0.6 is 0 Å². The molecule has 0 radical (unpaired) electrons. The van der Waals surface area contributed by atoms with E-state index in [1.807, 2.05) is 6.92 Å². The van der Waals surface area contributed by atoms with Crippen molar-refractivity contribution in [1.82, 2.24) is 0 Å². The van der Waals surface area contributed by atoms with Crippen molar-refractivity contribution in [2.45, 2.75) is 65.2 Å².